The average molecular weight is 352 g/mol. The molecule has 0 aliphatic carbocycles. The number of benzene rings is 2. The van der Waals surface area contributed by atoms with Crippen molar-refractivity contribution in [2.24, 2.45) is 11.5 Å². The zero-order valence-electron chi connectivity index (χ0n) is 14.8. The molecule has 1 heterocycles. The van der Waals surface area contributed by atoms with Gasteiger partial charge in [0.25, 0.3) is 0 Å². The minimum Gasteiger partial charge on any atom is -0.457 e. The Kier molecular flexibility index (Phi) is 5.81. The van der Waals surface area contributed by atoms with E-state index in [0.717, 1.165) is 22.6 Å². The predicted molar refractivity (Wildman–Crippen MR) is 101 cm³/mol. The van der Waals surface area contributed by atoms with Crippen LogP contribution in [-0.4, -0.2) is 24.7 Å². The standard InChI is InChI=1S/C21H24N2O3/c22-9-1-3-18(24)14-5-7-20-16(11-14)13-17-12-15(6-8-21(17)26-20)19(25)4-2-10-23/h5-8,11-12H,1-4,9-10,13,22-23H2. The zero-order valence-corrected chi connectivity index (χ0v) is 14.8. The van der Waals surface area contributed by atoms with E-state index in [1.54, 1.807) is 12.1 Å². The number of fused-ring (bicyclic) bond motifs is 2. The molecule has 26 heavy (non-hydrogen) atoms. The summed E-state index contributed by atoms with van der Waals surface area (Å²) in [6.07, 6.45) is 2.91. The van der Waals surface area contributed by atoms with E-state index in [1.807, 2.05) is 24.3 Å². The highest BCUT2D eigenvalue weighted by Gasteiger charge is 2.20. The van der Waals surface area contributed by atoms with Crippen molar-refractivity contribution in [3.63, 3.8) is 0 Å². The third-order valence-corrected chi connectivity index (χ3v) is 4.58. The average Bonchev–Trinajstić information content (AvgIpc) is 2.67. The summed E-state index contributed by atoms with van der Waals surface area (Å²) < 4.78 is 5.95. The summed E-state index contributed by atoms with van der Waals surface area (Å²) >= 11 is 0. The molecule has 2 aromatic carbocycles. The quantitative estimate of drug-likeness (QED) is 0.607. The number of nitrogens with two attached hydrogens (primary N) is 2. The van der Waals surface area contributed by atoms with Crippen LogP contribution < -0.4 is 16.2 Å². The monoisotopic (exact) mass is 352 g/mol. The fourth-order valence-corrected chi connectivity index (χ4v) is 3.12. The molecule has 5 nitrogen and oxygen atoms in total. The van der Waals surface area contributed by atoms with Gasteiger partial charge in [-0.3, -0.25) is 9.59 Å². The van der Waals surface area contributed by atoms with E-state index in [-0.39, 0.29) is 11.6 Å². The van der Waals surface area contributed by atoms with E-state index in [0.29, 0.717) is 56.3 Å². The Labute approximate surface area is 153 Å². The molecule has 0 saturated carbocycles. The first-order chi connectivity index (χ1) is 12.6. The summed E-state index contributed by atoms with van der Waals surface area (Å²) in [5.41, 5.74) is 14.2. The first kappa shape index (κ1) is 18.3. The predicted octanol–water partition coefficient (Wildman–Crippen LogP) is 3.23. The van der Waals surface area contributed by atoms with Gasteiger partial charge in [-0.2, -0.15) is 0 Å². The molecule has 136 valence electrons. The van der Waals surface area contributed by atoms with Crippen molar-refractivity contribution in [1.29, 1.82) is 0 Å². The summed E-state index contributed by atoms with van der Waals surface area (Å²) in [6, 6.07) is 11.1. The largest absolute Gasteiger partial charge is 0.457 e. The van der Waals surface area contributed by atoms with Crippen molar-refractivity contribution in [3.05, 3.63) is 58.7 Å². The van der Waals surface area contributed by atoms with Crippen molar-refractivity contribution in [2.75, 3.05) is 13.1 Å². The van der Waals surface area contributed by atoms with Gasteiger partial charge in [0.1, 0.15) is 11.5 Å². The SMILES string of the molecule is NCCCC(=O)c1ccc2c(c1)Cc1cc(C(=O)CCCN)ccc1O2. The van der Waals surface area contributed by atoms with E-state index in [9.17, 15) is 9.59 Å². The third kappa shape index (κ3) is 4.00. The summed E-state index contributed by atoms with van der Waals surface area (Å²) in [4.78, 5) is 24.5. The lowest BCUT2D eigenvalue weighted by atomic mass is 9.94. The molecule has 2 aromatic rings. The first-order valence-electron chi connectivity index (χ1n) is 9.02. The molecule has 0 unspecified atom stereocenters. The van der Waals surface area contributed by atoms with Crippen LogP contribution in [0.1, 0.15) is 57.5 Å². The van der Waals surface area contributed by atoms with Crippen molar-refractivity contribution in [3.8, 4) is 11.5 Å². The van der Waals surface area contributed by atoms with Crippen LogP contribution >= 0.6 is 0 Å². The third-order valence-electron chi connectivity index (χ3n) is 4.58. The molecule has 0 amide bonds. The van der Waals surface area contributed by atoms with Gasteiger partial charge < -0.3 is 16.2 Å². The lowest BCUT2D eigenvalue weighted by Gasteiger charge is -2.21. The number of carbonyl (C=O) groups is 2. The highest BCUT2D eigenvalue weighted by molar-refractivity contribution is 5.97. The van der Waals surface area contributed by atoms with Crippen LogP contribution in [0.2, 0.25) is 0 Å². The van der Waals surface area contributed by atoms with Gasteiger partial charge in [-0.25, -0.2) is 0 Å². The molecule has 3 rings (SSSR count). The molecular formula is C21H24N2O3. The highest BCUT2D eigenvalue weighted by atomic mass is 16.5. The van der Waals surface area contributed by atoms with Crippen molar-refractivity contribution < 1.29 is 14.3 Å². The molecule has 1 aliphatic heterocycles. The minimum atomic E-state index is 0.0924. The Balaban J connectivity index is 1.81. The molecule has 4 N–H and O–H groups in total. The van der Waals surface area contributed by atoms with Gasteiger partial charge in [-0.05, 0) is 62.3 Å². The van der Waals surface area contributed by atoms with Crippen LogP contribution in [0.25, 0.3) is 0 Å². The summed E-state index contributed by atoms with van der Waals surface area (Å²) in [5, 5.41) is 0. The smallest absolute Gasteiger partial charge is 0.162 e. The van der Waals surface area contributed by atoms with Gasteiger partial charge in [-0.15, -0.1) is 0 Å². The number of hydrogen-bond acceptors (Lipinski definition) is 5. The van der Waals surface area contributed by atoms with Crippen LogP contribution in [0.5, 0.6) is 11.5 Å². The van der Waals surface area contributed by atoms with E-state index < -0.39 is 0 Å². The maximum atomic E-state index is 12.2. The molecule has 0 bridgehead atoms. The maximum Gasteiger partial charge on any atom is 0.162 e. The second-order valence-corrected chi connectivity index (χ2v) is 6.55. The molecule has 0 fully saturated rings. The van der Waals surface area contributed by atoms with E-state index in [1.165, 1.54) is 0 Å². The normalized spacial score (nSPS) is 12.1. The van der Waals surface area contributed by atoms with Crippen LogP contribution in [0.3, 0.4) is 0 Å². The molecule has 5 heteroatoms. The van der Waals surface area contributed by atoms with E-state index >= 15 is 0 Å². The molecule has 0 saturated heterocycles. The lowest BCUT2D eigenvalue weighted by molar-refractivity contribution is 0.0973. The van der Waals surface area contributed by atoms with Gasteiger partial charge in [0.15, 0.2) is 11.6 Å². The molecule has 0 spiro atoms. The Morgan fingerprint density at radius 3 is 1.69 bits per heavy atom. The second kappa shape index (κ2) is 8.25. The number of ketones is 2. The van der Waals surface area contributed by atoms with E-state index in [4.69, 9.17) is 16.2 Å². The Morgan fingerprint density at radius 2 is 1.27 bits per heavy atom. The lowest BCUT2D eigenvalue weighted by Crippen LogP contribution is -2.09. The Bertz CT molecular complexity index is 763. The summed E-state index contributed by atoms with van der Waals surface area (Å²) in [7, 11) is 0. The molecular weight excluding hydrogens is 328 g/mol. The van der Waals surface area contributed by atoms with Crippen LogP contribution in [-0.2, 0) is 6.42 Å². The van der Waals surface area contributed by atoms with Crippen LogP contribution in [0, 0.1) is 0 Å². The second-order valence-electron chi connectivity index (χ2n) is 6.55. The number of hydrogen-bond donors (Lipinski definition) is 2. The zero-order chi connectivity index (χ0) is 18.5. The van der Waals surface area contributed by atoms with Gasteiger partial charge in [0.2, 0.25) is 0 Å². The number of rotatable bonds is 8. The maximum absolute atomic E-state index is 12.2. The fraction of sp³-hybridized carbons (Fsp3) is 0.333. The van der Waals surface area contributed by atoms with E-state index in [2.05, 4.69) is 0 Å². The first-order valence-corrected chi connectivity index (χ1v) is 9.02. The van der Waals surface area contributed by atoms with Crippen LogP contribution in [0.4, 0.5) is 0 Å². The molecule has 0 atom stereocenters. The van der Waals surface area contributed by atoms with Gasteiger partial charge in [0.05, 0.1) is 0 Å². The number of carbonyl (C=O) groups excluding carboxylic acids is 2. The number of ether oxygens (including phenoxy) is 1. The molecule has 0 radical (unpaired) electrons. The summed E-state index contributed by atoms with van der Waals surface area (Å²) in [6.45, 7) is 1.02. The molecule has 0 aromatic heterocycles. The van der Waals surface area contributed by atoms with Crippen molar-refractivity contribution in [2.45, 2.75) is 32.1 Å². The Hall–Kier alpha value is -2.50. The molecule has 1 aliphatic rings. The van der Waals surface area contributed by atoms with Crippen molar-refractivity contribution in [1.82, 2.24) is 0 Å². The van der Waals surface area contributed by atoms with Crippen molar-refractivity contribution >= 4 is 11.6 Å². The summed E-state index contributed by atoms with van der Waals surface area (Å²) in [5.74, 6) is 1.70. The van der Waals surface area contributed by atoms with Crippen LogP contribution in [0.15, 0.2) is 36.4 Å². The topological polar surface area (TPSA) is 95.4 Å². The van der Waals surface area contributed by atoms with Gasteiger partial charge in [0, 0.05) is 41.5 Å². The number of Topliss-reactive ketones (excluding diaryl/α,β-unsaturated/α-hetero) is 2. The van der Waals surface area contributed by atoms with Gasteiger partial charge in [-0.1, -0.05) is 0 Å². The minimum absolute atomic E-state index is 0.0924. The van der Waals surface area contributed by atoms with Gasteiger partial charge >= 0.3 is 0 Å². The fourth-order valence-electron chi connectivity index (χ4n) is 3.12. The Morgan fingerprint density at radius 1 is 0.808 bits per heavy atom. The highest BCUT2D eigenvalue weighted by Crippen LogP contribution is 2.37.